The molecule has 0 saturated heterocycles. The van der Waals surface area contributed by atoms with Gasteiger partial charge in [0.25, 0.3) is 5.56 Å². The Labute approximate surface area is 89.3 Å². The molecule has 15 heavy (non-hydrogen) atoms. The summed E-state index contributed by atoms with van der Waals surface area (Å²) < 4.78 is 1.54. The fourth-order valence-corrected chi connectivity index (χ4v) is 1.87. The molecule has 1 aliphatic rings. The third-order valence-electron chi connectivity index (χ3n) is 3.24. The fourth-order valence-electron chi connectivity index (χ4n) is 1.87. The first-order chi connectivity index (χ1) is 7.18. The van der Waals surface area contributed by atoms with E-state index in [1.165, 1.54) is 19.3 Å². The molecule has 0 bridgehead atoms. The highest BCUT2D eigenvalue weighted by Crippen LogP contribution is 2.30. The number of anilines is 1. The Morgan fingerprint density at radius 2 is 2.33 bits per heavy atom. The minimum Gasteiger partial charge on any atom is -0.363 e. The van der Waals surface area contributed by atoms with Crippen molar-refractivity contribution in [2.45, 2.75) is 32.2 Å². The van der Waals surface area contributed by atoms with Crippen molar-refractivity contribution in [3.05, 3.63) is 22.7 Å². The van der Waals surface area contributed by atoms with Gasteiger partial charge in [-0.2, -0.15) is 0 Å². The summed E-state index contributed by atoms with van der Waals surface area (Å²) in [7, 11) is 1.74. The van der Waals surface area contributed by atoms with Crippen molar-refractivity contribution in [3.63, 3.8) is 0 Å². The van der Waals surface area contributed by atoms with Crippen LogP contribution in [0.25, 0.3) is 0 Å². The summed E-state index contributed by atoms with van der Waals surface area (Å²) in [5.41, 5.74) is -0.0522. The van der Waals surface area contributed by atoms with Gasteiger partial charge in [-0.15, -0.1) is 0 Å². The van der Waals surface area contributed by atoms with Crippen LogP contribution in [0.3, 0.4) is 0 Å². The molecule has 1 saturated carbocycles. The lowest BCUT2D eigenvalue weighted by atomic mass is 9.80. The van der Waals surface area contributed by atoms with Crippen molar-refractivity contribution in [2.75, 3.05) is 5.32 Å². The molecule has 1 fully saturated rings. The van der Waals surface area contributed by atoms with E-state index in [2.05, 4.69) is 17.2 Å². The monoisotopic (exact) mass is 207 g/mol. The van der Waals surface area contributed by atoms with E-state index in [-0.39, 0.29) is 5.56 Å². The number of aromatic nitrogens is 2. The van der Waals surface area contributed by atoms with Gasteiger partial charge in [-0.1, -0.05) is 6.42 Å². The lowest BCUT2D eigenvalue weighted by Gasteiger charge is -2.31. The molecule has 82 valence electrons. The van der Waals surface area contributed by atoms with E-state index in [9.17, 15) is 4.79 Å². The number of hydrogen-bond donors (Lipinski definition) is 1. The maximum atomic E-state index is 11.7. The minimum absolute atomic E-state index is 0.0522. The van der Waals surface area contributed by atoms with E-state index in [0.717, 1.165) is 0 Å². The third kappa shape index (κ3) is 2.03. The van der Waals surface area contributed by atoms with Crippen molar-refractivity contribution in [3.8, 4) is 0 Å². The Morgan fingerprint density at radius 1 is 1.60 bits per heavy atom. The van der Waals surface area contributed by atoms with Crippen molar-refractivity contribution < 1.29 is 0 Å². The molecular weight excluding hydrogens is 190 g/mol. The summed E-state index contributed by atoms with van der Waals surface area (Å²) in [6.45, 7) is 2.12. The normalized spacial score (nSPS) is 18.3. The molecule has 1 N–H and O–H groups in total. The van der Waals surface area contributed by atoms with Crippen LogP contribution in [0.15, 0.2) is 17.2 Å². The van der Waals surface area contributed by atoms with E-state index in [0.29, 0.717) is 17.8 Å². The second-order valence-corrected chi connectivity index (χ2v) is 4.32. The van der Waals surface area contributed by atoms with Crippen molar-refractivity contribution in [1.82, 2.24) is 9.55 Å². The van der Waals surface area contributed by atoms with Gasteiger partial charge in [0, 0.05) is 25.5 Å². The van der Waals surface area contributed by atoms with Gasteiger partial charge in [-0.3, -0.25) is 4.79 Å². The molecule has 0 amide bonds. The van der Waals surface area contributed by atoms with Gasteiger partial charge < -0.3 is 9.88 Å². The largest absolute Gasteiger partial charge is 0.363 e. The molecule has 0 radical (unpaired) electrons. The molecule has 0 aliphatic heterocycles. The lowest BCUT2D eigenvalue weighted by Crippen LogP contribution is -2.34. The molecule has 1 unspecified atom stereocenters. The van der Waals surface area contributed by atoms with Gasteiger partial charge in [-0.25, -0.2) is 4.98 Å². The highest BCUT2D eigenvalue weighted by atomic mass is 16.1. The van der Waals surface area contributed by atoms with Gasteiger partial charge >= 0.3 is 0 Å². The Kier molecular flexibility index (Phi) is 2.75. The predicted octanol–water partition coefficient (Wildman–Crippen LogP) is 1.38. The average Bonchev–Trinajstić information content (AvgIpc) is 2.10. The van der Waals surface area contributed by atoms with Gasteiger partial charge in [0.2, 0.25) is 0 Å². The Hall–Kier alpha value is -1.32. The van der Waals surface area contributed by atoms with Crippen LogP contribution in [0.2, 0.25) is 0 Å². The summed E-state index contributed by atoms with van der Waals surface area (Å²) in [5, 5.41) is 3.21. The standard InChI is InChI=1S/C11H17N3O/c1-8(9-4-3-5-9)13-10-11(15)14(2)7-6-12-10/h6-9H,3-5H2,1-2H3,(H,12,13). The van der Waals surface area contributed by atoms with Crippen molar-refractivity contribution in [1.29, 1.82) is 0 Å². The first-order valence-electron chi connectivity index (χ1n) is 5.46. The lowest BCUT2D eigenvalue weighted by molar-refractivity contribution is 0.284. The topological polar surface area (TPSA) is 46.9 Å². The molecule has 4 heteroatoms. The second-order valence-electron chi connectivity index (χ2n) is 4.32. The van der Waals surface area contributed by atoms with Crippen LogP contribution in [-0.4, -0.2) is 15.6 Å². The summed E-state index contributed by atoms with van der Waals surface area (Å²) in [6.07, 6.45) is 7.16. The molecule has 0 spiro atoms. The Balaban J connectivity index is 2.09. The Morgan fingerprint density at radius 3 is 2.93 bits per heavy atom. The first kappa shape index (κ1) is 10.2. The molecular formula is C11H17N3O. The van der Waals surface area contributed by atoms with Crippen LogP contribution >= 0.6 is 0 Å². The molecule has 2 rings (SSSR count). The second kappa shape index (κ2) is 4.04. The first-order valence-corrected chi connectivity index (χ1v) is 5.46. The maximum Gasteiger partial charge on any atom is 0.293 e. The van der Waals surface area contributed by atoms with Crippen LogP contribution in [0.1, 0.15) is 26.2 Å². The zero-order valence-electron chi connectivity index (χ0n) is 9.23. The highest BCUT2D eigenvalue weighted by molar-refractivity contribution is 5.32. The van der Waals surface area contributed by atoms with Crippen LogP contribution < -0.4 is 10.9 Å². The zero-order chi connectivity index (χ0) is 10.8. The SMILES string of the molecule is CC(Nc1nccn(C)c1=O)C1CCC1. The maximum absolute atomic E-state index is 11.7. The van der Waals surface area contributed by atoms with E-state index in [1.807, 2.05) is 0 Å². The minimum atomic E-state index is -0.0522. The fraction of sp³-hybridized carbons (Fsp3) is 0.636. The number of hydrogen-bond acceptors (Lipinski definition) is 3. The molecule has 4 nitrogen and oxygen atoms in total. The van der Waals surface area contributed by atoms with E-state index < -0.39 is 0 Å². The van der Waals surface area contributed by atoms with Crippen LogP contribution in [-0.2, 0) is 7.05 Å². The van der Waals surface area contributed by atoms with Crippen molar-refractivity contribution in [2.24, 2.45) is 13.0 Å². The third-order valence-corrected chi connectivity index (χ3v) is 3.24. The number of rotatable bonds is 3. The Bertz CT molecular complexity index is 395. The molecule has 1 aromatic heterocycles. The molecule has 1 aliphatic carbocycles. The molecule has 1 atom stereocenters. The van der Waals surface area contributed by atoms with Gasteiger partial charge in [-0.05, 0) is 25.7 Å². The van der Waals surface area contributed by atoms with Crippen LogP contribution in [0.5, 0.6) is 0 Å². The number of nitrogens with one attached hydrogen (secondary N) is 1. The smallest absolute Gasteiger partial charge is 0.293 e. The van der Waals surface area contributed by atoms with E-state index in [1.54, 1.807) is 24.0 Å². The predicted molar refractivity (Wildman–Crippen MR) is 59.9 cm³/mol. The number of nitrogens with zero attached hydrogens (tertiary/aromatic N) is 2. The number of aryl methyl sites for hydroxylation is 1. The van der Waals surface area contributed by atoms with E-state index in [4.69, 9.17) is 0 Å². The average molecular weight is 207 g/mol. The molecule has 0 aromatic carbocycles. The summed E-state index contributed by atoms with van der Waals surface area (Å²) in [5.74, 6) is 1.18. The summed E-state index contributed by atoms with van der Waals surface area (Å²) in [4.78, 5) is 15.7. The molecule has 1 aromatic rings. The van der Waals surface area contributed by atoms with Gasteiger partial charge in [0.15, 0.2) is 5.82 Å². The van der Waals surface area contributed by atoms with Crippen LogP contribution in [0.4, 0.5) is 5.82 Å². The quantitative estimate of drug-likeness (QED) is 0.814. The highest BCUT2D eigenvalue weighted by Gasteiger charge is 2.24. The van der Waals surface area contributed by atoms with Crippen molar-refractivity contribution >= 4 is 5.82 Å². The summed E-state index contributed by atoms with van der Waals surface area (Å²) in [6, 6.07) is 0.348. The van der Waals surface area contributed by atoms with Crippen LogP contribution in [0, 0.1) is 5.92 Å². The van der Waals surface area contributed by atoms with Gasteiger partial charge in [0.05, 0.1) is 0 Å². The molecule has 1 heterocycles. The zero-order valence-corrected chi connectivity index (χ0v) is 9.23. The van der Waals surface area contributed by atoms with Gasteiger partial charge in [0.1, 0.15) is 0 Å². The summed E-state index contributed by atoms with van der Waals surface area (Å²) >= 11 is 0. The van der Waals surface area contributed by atoms with E-state index >= 15 is 0 Å².